The predicted octanol–water partition coefficient (Wildman–Crippen LogP) is 4.14. The molecule has 0 aromatic heterocycles. The van der Waals surface area contributed by atoms with E-state index < -0.39 is 11.9 Å². The van der Waals surface area contributed by atoms with Gasteiger partial charge in [0, 0.05) is 30.6 Å². The highest BCUT2D eigenvalue weighted by molar-refractivity contribution is 6.14. The second kappa shape index (κ2) is 12.5. The second-order valence-electron chi connectivity index (χ2n) is 10.8. The quantitative estimate of drug-likeness (QED) is 0.399. The second-order valence-corrected chi connectivity index (χ2v) is 10.8. The van der Waals surface area contributed by atoms with E-state index in [2.05, 4.69) is 40.5 Å². The molecule has 7 nitrogen and oxygen atoms in total. The number of nitrogens with one attached hydrogen (secondary N) is 2. The normalized spacial score (nSPS) is 18.4. The molecule has 5 rings (SSSR count). The summed E-state index contributed by atoms with van der Waals surface area (Å²) in [5.41, 5.74) is 9.63. The van der Waals surface area contributed by atoms with Crippen LogP contribution in [0.2, 0.25) is 0 Å². The van der Waals surface area contributed by atoms with Crippen LogP contribution < -0.4 is 16.0 Å². The van der Waals surface area contributed by atoms with E-state index in [1.807, 2.05) is 0 Å². The summed E-state index contributed by atoms with van der Waals surface area (Å²) >= 11 is 0. The highest BCUT2D eigenvalue weighted by Crippen LogP contribution is 2.30. The Labute approximate surface area is 234 Å². The lowest BCUT2D eigenvalue weighted by atomic mass is 9.90. The maximum absolute atomic E-state index is 13.8. The van der Waals surface area contributed by atoms with Crippen LogP contribution in [0.5, 0.6) is 0 Å². The molecule has 8 heteroatoms. The zero-order chi connectivity index (χ0) is 28.1. The maximum atomic E-state index is 13.8. The van der Waals surface area contributed by atoms with E-state index in [-0.39, 0.29) is 30.5 Å². The van der Waals surface area contributed by atoms with E-state index in [0.29, 0.717) is 34.8 Å². The molecule has 2 aliphatic rings. The topological polar surface area (TPSA) is 103 Å². The van der Waals surface area contributed by atoms with Crippen LogP contribution in [-0.2, 0) is 17.8 Å². The number of hydrogen-bond donors (Lipinski definition) is 3. The fraction of sp³-hybridized carbons (Fsp3) is 0.344. The van der Waals surface area contributed by atoms with Crippen molar-refractivity contribution >= 4 is 23.2 Å². The Morgan fingerprint density at radius 3 is 2.50 bits per heavy atom. The zero-order valence-corrected chi connectivity index (χ0v) is 22.6. The molecule has 0 bridgehead atoms. The molecule has 0 spiro atoms. The molecule has 208 valence electrons. The molecule has 3 aromatic carbocycles. The number of hydrogen-bond acceptors (Lipinski definition) is 5. The lowest BCUT2D eigenvalue weighted by molar-refractivity contribution is -0.118. The minimum atomic E-state index is -0.750. The van der Waals surface area contributed by atoms with Crippen LogP contribution in [0.1, 0.15) is 46.3 Å². The number of carbonyl (C=O) groups is 2. The summed E-state index contributed by atoms with van der Waals surface area (Å²) in [5, 5.41) is 11.5. The third-order valence-electron chi connectivity index (χ3n) is 7.92. The summed E-state index contributed by atoms with van der Waals surface area (Å²) in [6.45, 7) is 3.46. The van der Waals surface area contributed by atoms with E-state index in [9.17, 15) is 14.0 Å². The Morgan fingerprint density at radius 2 is 1.75 bits per heavy atom. The summed E-state index contributed by atoms with van der Waals surface area (Å²) in [6.07, 6.45) is 3.38. The number of anilines is 1. The first kappa shape index (κ1) is 27.7. The zero-order valence-electron chi connectivity index (χ0n) is 22.6. The molecule has 4 N–H and O–H groups in total. The molecule has 2 amide bonds. The molecule has 2 aliphatic heterocycles. The number of rotatable bonds is 8. The van der Waals surface area contributed by atoms with Crippen molar-refractivity contribution in [1.29, 1.82) is 5.41 Å². The summed E-state index contributed by atoms with van der Waals surface area (Å²) in [4.78, 5) is 30.1. The van der Waals surface area contributed by atoms with Crippen molar-refractivity contribution in [2.24, 2.45) is 11.7 Å². The van der Waals surface area contributed by atoms with Gasteiger partial charge in [-0.3, -0.25) is 9.59 Å². The lowest BCUT2D eigenvalue weighted by Gasteiger charge is -2.32. The van der Waals surface area contributed by atoms with E-state index in [0.717, 1.165) is 38.9 Å². The Bertz CT molecular complexity index is 1370. The first-order valence-corrected chi connectivity index (χ1v) is 13.9. The fourth-order valence-corrected chi connectivity index (χ4v) is 5.64. The molecular weight excluding hydrogens is 505 g/mol. The fourth-order valence-electron chi connectivity index (χ4n) is 5.64. The average molecular weight is 542 g/mol. The number of likely N-dealkylation sites (tertiary alicyclic amines) is 1. The van der Waals surface area contributed by atoms with Gasteiger partial charge in [0.2, 0.25) is 5.91 Å². The molecule has 2 heterocycles. The van der Waals surface area contributed by atoms with Crippen molar-refractivity contribution in [3.8, 4) is 0 Å². The van der Waals surface area contributed by atoms with E-state index in [1.165, 1.54) is 22.6 Å². The predicted molar refractivity (Wildman–Crippen MR) is 155 cm³/mol. The number of piperidine rings is 1. The van der Waals surface area contributed by atoms with Crippen LogP contribution in [0.4, 0.5) is 10.1 Å². The van der Waals surface area contributed by atoms with Crippen molar-refractivity contribution in [3.05, 3.63) is 101 Å². The van der Waals surface area contributed by atoms with E-state index in [4.69, 9.17) is 11.1 Å². The summed E-state index contributed by atoms with van der Waals surface area (Å²) < 4.78 is 13.8. The van der Waals surface area contributed by atoms with Gasteiger partial charge in [0.05, 0.1) is 24.0 Å². The van der Waals surface area contributed by atoms with E-state index in [1.54, 1.807) is 30.3 Å². The monoisotopic (exact) mass is 541 g/mol. The molecule has 1 atom stereocenters. The van der Waals surface area contributed by atoms with Gasteiger partial charge in [0.15, 0.2) is 0 Å². The Hall–Kier alpha value is -3.88. The smallest absolute Gasteiger partial charge is 0.251 e. The number of halogens is 1. The third kappa shape index (κ3) is 6.63. The van der Waals surface area contributed by atoms with Crippen LogP contribution in [0.15, 0.2) is 72.8 Å². The van der Waals surface area contributed by atoms with Gasteiger partial charge in [-0.15, -0.1) is 0 Å². The first-order valence-electron chi connectivity index (χ1n) is 13.9. The van der Waals surface area contributed by atoms with Crippen LogP contribution in [-0.4, -0.2) is 54.6 Å². The number of benzene rings is 3. The Balaban J connectivity index is 1.21. The average Bonchev–Trinajstić information content (AvgIpc) is 3.04. The van der Waals surface area contributed by atoms with Gasteiger partial charge in [-0.2, -0.15) is 0 Å². The van der Waals surface area contributed by atoms with Crippen molar-refractivity contribution in [1.82, 2.24) is 10.2 Å². The maximum Gasteiger partial charge on any atom is 0.251 e. The Kier molecular flexibility index (Phi) is 8.67. The summed E-state index contributed by atoms with van der Waals surface area (Å²) in [5.74, 6) is -0.204. The molecule has 1 fully saturated rings. The summed E-state index contributed by atoms with van der Waals surface area (Å²) in [6, 6.07) is 20.9. The molecule has 1 unspecified atom stereocenters. The molecular formula is C32H36FN5O2. The standard InChI is InChI=1S/C32H36FN5O2/c33-26-8-4-7-24(18-26)21-38-29-19-25(9-10-27(29)31(35)28(34)20-30(38)39)32(40)36-13-16-37-14-11-23(12-15-37)17-22-5-2-1-3-6-22/h1-10,18-19,23,28,35H,11-17,20-21,34H2,(H,36,40). The molecule has 0 aliphatic carbocycles. The molecule has 0 radical (unpaired) electrons. The minimum Gasteiger partial charge on any atom is -0.351 e. The number of fused-ring (bicyclic) bond motifs is 1. The van der Waals surface area contributed by atoms with Gasteiger partial charge in [-0.1, -0.05) is 48.5 Å². The van der Waals surface area contributed by atoms with Crippen molar-refractivity contribution in [2.75, 3.05) is 31.1 Å². The lowest BCUT2D eigenvalue weighted by Crippen LogP contribution is -2.40. The van der Waals surface area contributed by atoms with Gasteiger partial charge in [0.1, 0.15) is 5.82 Å². The van der Waals surface area contributed by atoms with Gasteiger partial charge < -0.3 is 26.3 Å². The SMILES string of the molecule is N=C1c2ccc(C(=O)NCCN3CCC(Cc4ccccc4)CC3)cc2N(Cc2cccc(F)c2)C(=O)CC1N. The molecule has 40 heavy (non-hydrogen) atoms. The number of nitrogens with zero attached hydrogens (tertiary/aromatic N) is 2. The highest BCUT2D eigenvalue weighted by Gasteiger charge is 2.30. The van der Waals surface area contributed by atoms with Crippen LogP contribution >= 0.6 is 0 Å². The molecule has 3 aromatic rings. The number of carbonyl (C=O) groups excluding carboxylic acids is 2. The summed E-state index contributed by atoms with van der Waals surface area (Å²) in [7, 11) is 0. The van der Waals surface area contributed by atoms with Crippen molar-refractivity contribution < 1.29 is 14.0 Å². The van der Waals surface area contributed by atoms with Crippen LogP contribution in [0.25, 0.3) is 0 Å². The third-order valence-corrected chi connectivity index (χ3v) is 7.92. The van der Waals surface area contributed by atoms with Crippen molar-refractivity contribution in [2.45, 2.75) is 38.3 Å². The van der Waals surface area contributed by atoms with Gasteiger partial charge >= 0.3 is 0 Å². The highest BCUT2D eigenvalue weighted by atomic mass is 19.1. The van der Waals surface area contributed by atoms with E-state index >= 15 is 0 Å². The van der Waals surface area contributed by atoms with Crippen LogP contribution in [0.3, 0.4) is 0 Å². The van der Waals surface area contributed by atoms with Crippen molar-refractivity contribution in [3.63, 3.8) is 0 Å². The van der Waals surface area contributed by atoms with Gasteiger partial charge in [-0.25, -0.2) is 4.39 Å². The molecule has 0 saturated carbocycles. The first-order chi connectivity index (χ1) is 19.4. The van der Waals surface area contributed by atoms with Gasteiger partial charge in [0.25, 0.3) is 5.91 Å². The largest absolute Gasteiger partial charge is 0.351 e. The molecule has 1 saturated heterocycles. The number of nitrogens with two attached hydrogens (primary N) is 1. The number of amides is 2. The minimum absolute atomic E-state index is 0.0353. The van der Waals surface area contributed by atoms with Gasteiger partial charge in [-0.05, 0) is 73.7 Å². The van der Waals surface area contributed by atoms with Crippen LogP contribution in [0, 0.1) is 17.1 Å². The Morgan fingerprint density at radius 1 is 1.00 bits per heavy atom.